The van der Waals surface area contributed by atoms with Gasteiger partial charge in [-0.1, -0.05) is 44.5 Å². The van der Waals surface area contributed by atoms with Crippen LogP contribution in [0.5, 0.6) is 0 Å². The second kappa shape index (κ2) is 9.75. The molecule has 0 spiro atoms. The molecule has 3 rings (SSSR count). The number of amidine groups is 1. The fourth-order valence-corrected chi connectivity index (χ4v) is 5.01. The monoisotopic (exact) mass is 378 g/mol. The summed E-state index contributed by atoms with van der Waals surface area (Å²) in [6.07, 6.45) is 4.84. The number of halogens is 1. The summed E-state index contributed by atoms with van der Waals surface area (Å²) in [5, 5.41) is 1.05. The molecule has 1 aromatic rings. The van der Waals surface area contributed by atoms with Gasteiger partial charge in [-0.3, -0.25) is 4.99 Å². The lowest BCUT2D eigenvalue weighted by Crippen LogP contribution is -2.25. The summed E-state index contributed by atoms with van der Waals surface area (Å²) in [7, 11) is 0. The topological polar surface area (TPSA) is 24.8 Å². The van der Waals surface area contributed by atoms with E-state index in [2.05, 4.69) is 18.7 Å². The number of thioether (sulfide) groups is 1. The normalized spacial score (nSPS) is 24.3. The summed E-state index contributed by atoms with van der Waals surface area (Å²) < 4.78 is 19.2. The van der Waals surface area contributed by atoms with E-state index in [1.807, 2.05) is 6.07 Å². The maximum atomic E-state index is 13.6. The van der Waals surface area contributed by atoms with Gasteiger partial charge in [-0.15, -0.1) is 0 Å². The average molecular weight is 379 g/mol. The average Bonchev–Trinajstić information content (AvgIpc) is 3.34. The molecule has 0 amide bonds. The summed E-state index contributed by atoms with van der Waals surface area (Å²) in [4.78, 5) is 7.10. The fourth-order valence-electron chi connectivity index (χ4n) is 4.04. The largest absolute Gasteiger partial charge is 0.381 e. The van der Waals surface area contributed by atoms with Crippen LogP contribution in [-0.2, 0) is 4.74 Å². The maximum absolute atomic E-state index is 13.6. The van der Waals surface area contributed by atoms with E-state index in [0.29, 0.717) is 5.92 Å². The number of benzene rings is 1. The molecule has 3 atom stereocenters. The number of aliphatic imine (C=N–C) groups is 1. The lowest BCUT2D eigenvalue weighted by Gasteiger charge is -2.25. The van der Waals surface area contributed by atoms with Crippen molar-refractivity contribution in [2.75, 3.05) is 37.0 Å². The smallest absolute Gasteiger partial charge is 0.163 e. The predicted molar refractivity (Wildman–Crippen MR) is 110 cm³/mol. The summed E-state index contributed by atoms with van der Waals surface area (Å²) in [5.74, 6) is 2.92. The molecular formula is C21H31FN2OS. The molecule has 2 saturated heterocycles. The molecule has 26 heavy (non-hydrogen) atoms. The SMILES string of the molecule is CCC(CN=C1SCCN1c1cccc(F)c1)CC(CC)C1CCOC1. The van der Waals surface area contributed by atoms with E-state index in [9.17, 15) is 4.39 Å². The van der Waals surface area contributed by atoms with Crippen LogP contribution in [0, 0.1) is 23.6 Å². The van der Waals surface area contributed by atoms with Crippen LogP contribution in [0.4, 0.5) is 10.1 Å². The van der Waals surface area contributed by atoms with E-state index >= 15 is 0 Å². The molecule has 0 aromatic heterocycles. The molecule has 3 unspecified atom stereocenters. The van der Waals surface area contributed by atoms with Gasteiger partial charge in [-0.05, 0) is 48.8 Å². The molecule has 2 aliphatic heterocycles. The van der Waals surface area contributed by atoms with Crippen LogP contribution in [0.1, 0.15) is 39.5 Å². The number of anilines is 1. The van der Waals surface area contributed by atoms with Gasteiger partial charge in [0.2, 0.25) is 0 Å². The van der Waals surface area contributed by atoms with Crippen LogP contribution in [0.3, 0.4) is 0 Å². The molecule has 0 bridgehead atoms. The zero-order valence-electron chi connectivity index (χ0n) is 16.0. The zero-order valence-corrected chi connectivity index (χ0v) is 16.8. The van der Waals surface area contributed by atoms with Crippen LogP contribution in [0.2, 0.25) is 0 Å². The minimum absolute atomic E-state index is 0.185. The number of nitrogens with zero attached hydrogens (tertiary/aromatic N) is 2. The number of hydrogen-bond donors (Lipinski definition) is 0. The molecule has 0 N–H and O–H groups in total. The van der Waals surface area contributed by atoms with Crippen molar-refractivity contribution < 1.29 is 9.13 Å². The van der Waals surface area contributed by atoms with Gasteiger partial charge in [0.25, 0.3) is 0 Å². The predicted octanol–water partition coefficient (Wildman–Crippen LogP) is 5.21. The highest BCUT2D eigenvalue weighted by atomic mass is 32.2. The van der Waals surface area contributed by atoms with Gasteiger partial charge in [0, 0.05) is 37.7 Å². The third-order valence-corrected chi connectivity index (χ3v) is 6.75. The second-order valence-electron chi connectivity index (χ2n) is 7.41. The standard InChI is InChI=1S/C21H31FN2OS/c1-3-16(12-17(4-2)18-8-10-25-15-18)14-23-21-24(9-11-26-21)20-7-5-6-19(22)13-20/h5-7,13,16-18H,3-4,8-12,14-15H2,1-2H3. The van der Waals surface area contributed by atoms with Crippen molar-refractivity contribution in [2.45, 2.75) is 39.5 Å². The van der Waals surface area contributed by atoms with E-state index in [1.165, 1.54) is 25.3 Å². The molecule has 0 aliphatic carbocycles. The number of hydrogen-bond acceptors (Lipinski definition) is 3. The van der Waals surface area contributed by atoms with E-state index in [0.717, 1.165) is 61.2 Å². The molecule has 2 heterocycles. The Morgan fingerprint density at radius 1 is 1.35 bits per heavy atom. The number of ether oxygens (including phenoxy) is 1. The van der Waals surface area contributed by atoms with Crippen molar-refractivity contribution >= 4 is 22.6 Å². The summed E-state index contributed by atoms with van der Waals surface area (Å²) >= 11 is 1.79. The Labute approximate surface area is 161 Å². The van der Waals surface area contributed by atoms with Crippen LogP contribution in [-0.4, -0.2) is 37.2 Å². The maximum Gasteiger partial charge on any atom is 0.163 e. The van der Waals surface area contributed by atoms with Crippen molar-refractivity contribution in [3.8, 4) is 0 Å². The Morgan fingerprint density at radius 2 is 2.23 bits per heavy atom. The summed E-state index contributed by atoms with van der Waals surface area (Å²) in [6.45, 7) is 8.22. The molecule has 5 heteroatoms. The summed E-state index contributed by atoms with van der Waals surface area (Å²) in [5.41, 5.74) is 0.913. The first-order valence-electron chi connectivity index (χ1n) is 9.99. The molecule has 144 valence electrons. The van der Waals surface area contributed by atoms with E-state index in [1.54, 1.807) is 23.9 Å². The second-order valence-corrected chi connectivity index (χ2v) is 8.47. The quantitative estimate of drug-likeness (QED) is 0.620. The highest BCUT2D eigenvalue weighted by Crippen LogP contribution is 2.32. The van der Waals surface area contributed by atoms with E-state index < -0.39 is 0 Å². The van der Waals surface area contributed by atoms with Gasteiger partial charge in [0.15, 0.2) is 5.17 Å². The molecule has 0 radical (unpaired) electrons. The molecule has 2 fully saturated rings. The first kappa shape index (κ1) is 19.7. The van der Waals surface area contributed by atoms with Crippen molar-refractivity contribution in [2.24, 2.45) is 22.7 Å². The van der Waals surface area contributed by atoms with Gasteiger partial charge < -0.3 is 9.64 Å². The van der Waals surface area contributed by atoms with E-state index in [-0.39, 0.29) is 5.82 Å². The Balaban J connectivity index is 1.62. The van der Waals surface area contributed by atoms with E-state index in [4.69, 9.17) is 9.73 Å². The van der Waals surface area contributed by atoms with Gasteiger partial charge in [-0.25, -0.2) is 4.39 Å². The van der Waals surface area contributed by atoms with Crippen molar-refractivity contribution in [1.82, 2.24) is 0 Å². The van der Waals surface area contributed by atoms with Crippen LogP contribution < -0.4 is 4.90 Å². The van der Waals surface area contributed by atoms with Gasteiger partial charge >= 0.3 is 0 Å². The Bertz CT molecular complexity index is 603. The molecule has 0 saturated carbocycles. The third kappa shape index (κ3) is 5.01. The molecule has 2 aliphatic rings. The Kier molecular flexibility index (Phi) is 7.38. The molecule has 3 nitrogen and oxygen atoms in total. The zero-order chi connectivity index (χ0) is 18.4. The highest BCUT2D eigenvalue weighted by molar-refractivity contribution is 8.14. The lowest BCUT2D eigenvalue weighted by atomic mass is 9.81. The van der Waals surface area contributed by atoms with Crippen molar-refractivity contribution in [1.29, 1.82) is 0 Å². The van der Waals surface area contributed by atoms with Gasteiger partial charge in [0.1, 0.15) is 5.82 Å². The van der Waals surface area contributed by atoms with Crippen molar-refractivity contribution in [3.05, 3.63) is 30.1 Å². The summed E-state index contributed by atoms with van der Waals surface area (Å²) in [6, 6.07) is 6.84. The van der Waals surface area contributed by atoms with Crippen LogP contribution in [0.15, 0.2) is 29.3 Å². The van der Waals surface area contributed by atoms with Gasteiger partial charge in [-0.2, -0.15) is 0 Å². The highest BCUT2D eigenvalue weighted by Gasteiger charge is 2.27. The minimum atomic E-state index is -0.185. The van der Waals surface area contributed by atoms with Crippen molar-refractivity contribution in [3.63, 3.8) is 0 Å². The van der Waals surface area contributed by atoms with Crippen LogP contribution >= 0.6 is 11.8 Å². The van der Waals surface area contributed by atoms with Crippen LogP contribution in [0.25, 0.3) is 0 Å². The molecule has 1 aromatic carbocycles. The number of rotatable bonds is 8. The Morgan fingerprint density at radius 3 is 2.92 bits per heavy atom. The fraction of sp³-hybridized carbons (Fsp3) is 0.667. The first-order valence-corrected chi connectivity index (χ1v) is 11.0. The minimum Gasteiger partial charge on any atom is -0.381 e. The lowest BCUT2D eigenvalue weighted by molar-refractivity contribution is 0.162. The van der Waals surface area contributed by atoms with Gasteiger partial charge in [0.05, 0.1) is 0 Å². The Hall–Kier alpha value is -1.07. The molecular weight excluding hydrogens is 347 g/mol. The third-order valence-electron chi connectivity index (χ3n) is 5.75. The first-order chi connectivity index (χ1) is 12.7.